The van der Waals surface area contributed by atoms with Gasteiger partial charge in [-0.3, -0.25) is 0 Å². The summed E-state index contributed by atoms with van der Waals surface area (Å²) in [5.41, 5.74) is 0.485. The zero-order chi connectivity index (χ0) is 10.7. The largest absolute Gasteiger partial charge is 0.504 e. The normalized spacial score (nSPS) is 12.6. The molecule has 1 atom stereocenters. The number of benzene rings is 1. The topological polar surface area (TPSA) is 49.7 Å². The van der Waals surface area contributed by atoms with E-state index in [2.05, 4.69) is 15.9 Å². The summed E-state index contributed by atoms with van der Waals surface area (Å²) in [7, 11) is 1.48. The highest BCUT2D eigenvalue weighted by Crippen LogP contribution is 2.37. The number of aliphatic hydroxyl groups excluding tert-OH is 1. The van der Waals surface area contributed by atoms with Gasteiger partial charge < -0.3 is 14.9 Å². The lowest BCUT2D eigenvalue weighted by molar-refractivity contribution is 0.169. The van der Waals surface area contributed by atoms with Gasteiger partial charge in [0.2, 0.25) is 0 Å². The van der Waals surface area contributed by atoms with Crippen molar-refractivity contribution in [3.63, 3.8) is 0 Å². The number of aliphatic hydroxyl groups is 1. The number of ether oxygens (including phenoxy) is 1. The van der Waals surface area contributed by atoms with Crippen molar-refractivity contribution in [1.29, 1.82) is 0 Å². The van der Waals surface area contributed by atoms with Crippen LogP contribution >= 0.6 is 15.9 Å². The first-order chi connectivity index (χ1) is 6.60. The van der Waals surface area contributed by atoms with Crippen molar-refractivity contribution in [1.82, 2.24) is 0 Å². The molecule has 1 rings (SSSR count). The SMILES string of the molecule is CCC(O)c1cc(Br)cc(OC)c1O. The van der Waals surface area contributed by atoms with E-state index in [0.717, 1.165) is 4.47 Å². The molecular weight excluding hydrogens is 248 g/mol. The Bertz CT molecular complexity index is 325. The van der Waals surface area contributed by atoms with Gasteiger partial charge in [-0.05, 0) is 18.6 Å². The van der Waals surface area contributed by atoms with E-state index in [0.29, 0.717) is 17.7 Å². The predicted molar refractivity (Wildman–Crippen MR) is 57.6 cm³/mol. The highest BCUT2D eigenvalue weighted by molar-refractivity contribution is 9.10. The van der Waals surface area contributed by atoms with Gasteiger partial charge in [0.25, 0.3) is 0 Å². The van der Waals surface area contributed by atoms with Crippen LogP contribution < -0.4 is 4.74 Å². The average Bonchev–Trinajstić information content (AvgIpc) is 2.19. The molecule has 0 saturated heterocycles. The van der Waals surface area contributed by atoms with Crippen LogP contribution in [0, 0.1) is 0 Å². The second-order valence-corrected chi connectivity index (χ2v) is 3.89. The van der Waals surface area contributed by atoms with Gasteiger partial charge >= 0.3 is 0 Å². The van der Waals surface area contributed by atoms with E-state index in [1.165, 1.54) is 7.11 Å². The number of hydrogen-bond donors (Lipinski definition) is 2. The summed E-state index contributed by atoms with van der Waals surface area (Å²) in [4.78, 5) is 0. The van der Waals surface area contributed by atoms with E-state index in [-0.39, 0.29) is 5.75 Å². The van der Waals surface area contributed by atoms with Gasteiger partial charge in [-0.15, -0.1) is 0 Å². The fraction of sp³-hybridized carbons (Fsp3) is 0.400. The van der Waals surface area contributed by atoms with Crippen molar-refractivity contribution in [3.8, 4) is 11.5 Å². The highest BCUT2D eigenvalue weighted by Gasteiger charge is 2.15. The summed E-state index contributed by atoms with van der Waals surface area (Å²) in [6.07, 6.45) is -0.117. The first kappa shape index (κ1) is 11.3. The molecule has 78 valence electrons. The zero-order valence-electron chi connectivity index (χ0n) is 8.12. The summed E-state index contributed by atoms with van der Waals surface area (Å²) in [6, 6.07) is 3.34. The smallest absolute Gasteiger partial charge is 0.163 e. The number of methoxy groups -OCH3 is 1. The lowest BCUT2D eigenvalue weighted by atomic mass is 10.1. The minimum atomic E-state index is -0.665. The van der Waals surface area contributed by atoms with Crippen LogP contribution in [-0.4, -0.2) is 17.3 Å². The lowest BCUT2D eigenvalue weighted by Crippen LogP contribution is -1.97. The van der Waals surface area contributed by atoms with E-state index < -0.39 is 6.10 Å². The van der Waals surface area contributed by atoms with Gasteiger partial charge in [-0.25, -0.2) is 0 Å². The van der Waals surface area contributed by atoms with Gasteiger partial charge in [0.1, 0.15) is 0 Å². The van der Waals surface area contributed by atoms with Crippen LogP contribution in [0.5, 0.6) is 11.5 Å². The Balaban J connectivity index is 3.21. The standard InChI is InChI=1S/C10H13BrO3/c1-3-8(12)7-4-6(11)5-9(14-2)10(7)13/h4-5,8,12-13H,3H2,1-2H3. The summed E-state index contributed by atoms with van der Waals surface area (Å²) < 4.78 is 5.74. The van der Waals surface area contributed by atoms with E-state index in [1.807, 2.05) is 6.92 Å². The van der Waals surface area contributed by atoms with Gasteiger partial charge in [-0.2, -0.15) is 0 Å². The van der Waals surface area contributed by atoms with Crippen LogP contribution in [0.4, 0.5) is 0 Å². The third-order valence-electron chi connectivity index (χ3n) is 2.03. The molecule has 1 aromatic rings. The molecule has 0 bridgehead atoms. The highest BCUT2D eigenvalue weighted by atomic mass is 79.9. The number of phenolic OH excluding ortho intramolecular Hbond substituents is 1. The number of aromatic hydroxyl groups is 1. The molecule has 0 spiro atoms. The van der Waals surface area contributed by atoms with Crippen molar-refractivity contribution in [2.24, 2.45) is 0 Å². The van der Waals surface area contributed by atoms with Crippen LogP contribution in [0.15, 0.2) is 16.6 Å². The van der Waals surface area contributed by atoms with Crippen molar-refractivity contribution in [2.75, 3.05) is 7.11 Å². The Kier molecular flexibility index (Phi) is 3.77. The second kappa shape index (κ2) is 4.66. The van der Waals surface area contributed by atoms with Gasteiger partial charge in [0, 0.05) is 10.0 Å². The Hall–Kier alpha value is -0.740. The summed E-state index contributed by atoms with van der Waals surface area (Å²) in [6.45, 7) is 1.84. The zero-order valence-corrected chi connectivity index (χ0v) is 9.71. The van der Waals surface area contributed by atoms with E-state index in [4.69, 9.17) is 4.74 Å². The summed E-state index contributed by atoms with van der Waals surface area (Å²) >= 11 is 3.28. The van der Waals surface area contributed by atoms with E-state index >= 15 is 0 Å². The first-order valence-electron chi connectivity index (χ1n) is 4.34. The molecule has 4 heteroatoms. The number of halogens is 1. The quantitative estimate of drug-likeness (QED) is 0.879. The minimum Gasteiger partial charge on any atom is -0.504 e. The molecular formula is C10H13BrO3. The maximum absolute atomic E-state index is 9.71. The molecule has 0 aromatic heterocycles. The van der Waals surface area contributed by atoms with Gasteiger partial charge in [-0.1, -0.05) is 22.9 Å². The summed E-state index contributed by atoms with van der Waals surface area (Å²) in [5, 5.41) is 19.3. The molecule has 3 nitrogen and oxygen atoms in total. The molecule has 0 radical (unpaired) electrons. The molecule has 0 saturated carbocycles. The fourth-order valence-electron chi connectivity index (χ4n) is 1.22. The molecule has 0 aliphatic heterocycles. The Morgan fingerprint density at radius 2 is 2.14 bits per heavy atom. The lowest BCUT2D eigenvalue weighted by Gasteiger charge is -2.13. The third kappa shape index (κ3) is 2.19. The van der Waals surface area contributed by atoms with Gasteiger partial charge in [0.15, 0.2) is 11.5 Å². The van der Waals surface area contributed by atoms with Crippen LogP contribution in [-0.2, 0) is 0 Å². The van der Waals surface area contributed by atoms with Crippen molar-refractivity contribution in [3.05, 3.63) is 22.2 Å². The summed E-state index contributed by atoms with van der Waals surface area (Å²) in [5.74, 6) is 0.368. The van der Waals surface area contributed by atoms with E-state index in [9.17, 15) is 10.2 Å². The monoisotopic (exact) mass is 260 g/mol. The average molecular weight is 261 g/mol. The molecule has 0 amide bonds. The number of rotatable bonds is 3. The van der Waals surface area contributed by atoms with Crippen LogP contribution in [0.1, 0.15) is 25.0 Å². The molecule has 0 fully saturated rings. The number of hydrogen-bond acceptors (Lipinski definition) is 3. The molecule has 1 unspecified atom stereocenters. The van der Waals surface area contributed by atoms with Crippen molar-refractivity contribution >= 4 is 15.9 Å². The molecule has 2 N–H and O–H groups in total. The second-order valence-electron chi connectivity index (χ2n) is 2.97. The van der Waals surface area contributed by atoms with Crippen LogP contribution in [0.2, 0.25) is 0 Å². The molecule has 14 heavy (non-hydrogen) atoms. The van der Waals surface area contributed by atoms with E-state index in [1.54, 1.807) is 12.1 Å². The Morgan fingerprint density at radius 3 is 2.64 bits per heavy atom. The van der Waals surface area contributed by atoms with Gasteiger partial charge in [0.05, 0.1) is 13.2 Å². The fourth-order valence-corrected chi connectivity index (χ4v) is 1.68. The molecule has 1 aromatic carbocycles. The van der Waals surface area contributed by atoms with Crippen molar-refractivity contribution in [2.45, 2.75) is 19.4 Å². The first-order valence-corrected chi connectivity index (χ1v) is 5.13. The Morgan fingerprint density at radius 1 is 1.50 bits per heavy atom. The molecule has 0 aliphatic rings. The van der Waals surface area contributed by atoms with Crippen LogP contribution in [0.3, 0.4) is 0 Å². The predicted octanol–water partition coefficient (Wildman–Crippen LogP) is 2.61. The molecule has 0 aliphatic carbocycles. The Labute approximate surface area is 91.5 Å². The third-order valence-corrected chi connectivity index (χ3v) is 2.49. The van der Waals surface area contributed by atoms with Crippen molar-refractivity contribution < 1.29 is 14.9 Å². The maximum Gasteiger partial charge on any atom is 0.163 e. The maximum atomic E-state index is 9.71. The van der Waals surface area contributed by atoms with Crippen LogP contribution in [0.25, 0.3) is 0 Å². The minimum absolute atomic E-state index is 0.00468. The number of phenols is 1. The molecule has 0 heterocycles.